The van der Waals surface area contributed by atoms with Crippen molar-refractivity contribution in [2.75, 3.05) is 19.6 Å². The molecule has 3 rings (SSSR count). The van der Waals surface area contributed by atoms with Crippen molar-refractivity contribution in [3.63, 3.8) is 0 Å². The summed E-state index contributed by atoms with van der Waals surface area (Å²) in [5.41, 5.74) is 1.55. The van der Waals surface area contributed by atoms with Gasteiger partial charge in [0.05, 0.1) is 11.6 Å². The molecule has 5 heteroatoms. The van der Waals surface area contributed by atoms with Gasteiger partial charge < -0.3 is 15.0 Å². The van der Waals surface area contributed by atoms with Crippen LogP contribution in [0.1, 0.15) is 55.5 Å². The van der Waals surface area contributed by atoms with E-state index in [0.29, 0.717) is 12.0 Å². The monoisotopic (exact) mass is 341 g/mol. The van der Waals surface area contributed by atoms with Crippen molar-refractivity contribution in [3.8, 4) is 11.8 Å². The maximum atomic E-state index is 12.8. The van der Waals surface area contributed by atoms with Gasteiger partial charge in [0.15, 0.2) is 0 Å². The highest BCUT2D eigenvalue weighted by atomic mass is 16.5. The van der Waals surface area contributed by atoms with Crippen LogP contribution in [-0.4, -0.2) is 42.1 Å². The first-order valence-electron chi connectivity index (χ1n) is 9.19. The highest BCUT2D eigenvalue weighted by molar-refractivity contribution is 5.97. The van der Waals surface area contributed by atoms with Gasteiger partial charge in [-0.15, -0.1) is 0 Å². The van der Waals surface area contributed by atoms with Gasteiger partial charge in [0, 0.05) is 32.1 Å². The van der Waals surface area contributed by atoms with Crippen LogP contribution in [0.2, 0.25) is 0 Å². The topological polar surface area (TPSA) is 65.4 Å². The van der Waals surface area contributed by atoms with Gasteiger partial charge in [-0.25, -0.2) is 0 Å². The second kappa shape index (κ2) is 7.45. The number of nitrogens with one attached hydrogen (secondary N) is 1. The van der Waals surface area contributed by atoms with Crippen LogP contribution in [0.15, 0.2) is 18.2 Å². The summed E-state index contributed by atoms with van der Waals surface area (Å²) in [6, 6.07) is 8.24. The maximum Gasteiger partial charge on any atom is 0.255 e. The van der Waals surface area contributed by atoms with E-state index in [4.69, 9.17) is 10.00 Å². The first-order chi connectivity index (χ1) is 12.0. The molecule has 0 saturated carbocycles. The number of para-hydroxylation sites is 1. The Morgan fingerprint density at radius 2 is 2.16 bits per heavy atom. The number of ether oxygens (including phenoxy) is 1. The van der Waals surface area contributed by atoms with Gasteiger partial charge in [-0.3, -0.25) is 4.79 Å². The molecular formula is C20H27N3O2. The van der Waals surface area contributed by atoms with Gasteiger partial charge in [0.2, 0.25) is 0 Å². The second-order valence-corrected chi connectivity index (χ2v) is 7.65. The number of carbonyl (C=O) groups is 1. The highest BCUT2D eigenvalue weighted by Crippen LogP contribution is 2.35. The van der Waals surface area contributed by atoms with Crippen molar-refractivity contribution in [2.24, 2.45) is 0 Å². The SMILES string of the molecule is CC1(C)CCc2cccc(C(=O)NC3CCN(CCC#N)CC3)c2O1. The normalized spacial score (nSPS) is 20.2. The lowest BCUT2D eigenvalue weighted by Gasteiger charge is -2.34. The van der Waals surface area contributed by atoms with Crippen molar-refractivity contribution >= 4 is 5.91 Å². The third kappa shape index (κ3) is 4.32. The number of aryl methyl sites for hydroxylation is 1. The molecule has 1 saturated heterocycles. The summed E-state index contributed by atoms with van der Waals surface area (Å²) in [4.78, 5) is 15.1. The number of piperidine rings is 1. The molecule has 0 spiro atoms. The lowest BCUT2D eigenvalue weighted by atomic mass is 9.92. The summed E-state index contributed by atoms with van der Waals surface area (Å²) >= 11 is 0. The number of amides is 1. The number of hydrogen-bond acceptors (Lipinski definition) is 4. The number of likely N-dealkylation sites (tertiary alicyclic amines) is 1. The molecule has 0 unspecified atom stereocenters. The molecule has 25 heavy (non-hydrogen) atoms. The molecule has 134 valence electrons. The number of rotatable bonds is 4. The average Bonchev–Trinajstić information content (AvgIpc) is 2.60. The average molecular weight is 341 g/mol. The van der Waals surface area contributed by atoms with Gasteiger partial charge in [-0.05, 0) is 51.2 Å². The van der Waals surface area contributed by atoms with Gasteiger partial charge in [-0.2, -0.15) is 5.26 Å². The minimum atomic E-state index is -0.227. The minimum Gasteiger partial charge on any atom is -0.487 e. The third-order valence-corrected chi connectivity index (χ3v) is 5.18. The summed E-state index contributed by atoms with van der Waals surface area (Å²) in [6.45, 7) is 6.83. The number of nitriles is 1. The van der Waals surface area contributed by atoms with Crippen LogP contribution in [-0.2, 0) is 6.42 Å². The third-order valence-electron chi connectivity index (χ3n) is 5.18. The van der Waals surface area contributed by atoms with Gasteiger partial charge in [0.25, 0.3) is 5.91 Å². The quantitative estimate of drug-likeness (QED) is 0.914. The smallest absolute Gasteiger partial charge is 0.255 e. The first kappa shape index (κ1) is 17.8. The summed E-state index contributed by atoms with van der Waals surface area (Å²) in [7, 11) is 0. The molecule has 2 heterocycles. The molecule has 2 aliphatic heterocycles. The minimum absolute atomic E-state index is 0.0370. The zero-order valence-electron chi connectivity index (χ0n) is 15.2. The molecule has 1 N–H and O–H groups in total. The molecule has 0 radical (unpaired) electrons. The van der Waals surface area contributed by atoms with E-state index in [0.717, 1.165) is 56.6 Å². The second-order valence-electron chi connectivity index (χ2n) is 7.65. The van der Waals surface area contributed by atoms with Crippen LogP contribution in [0.5, 0.6) is 5.75 Å². The van der Waals surface area contributed by atoms with E-state index in [9.17, 15) is 4.79 Å². The predicted octanol–water partition coefficient (Wildman–Crippen LogP) is 2.90. The van der Waals surface area contributed by atoms with Crippen LogP contribution >= 0.6 is 0 Å². The Hall–Kier alpha value is -2.06. The molecule has 5 nitrogen and oxygen atoms in total. The molecule has 0 aliphatic carbocycles. The fourth-order valence-corrected chi connectivity index (χ4v) is 3.62. The fraction of sp³-hybridized carbons (Fsp3) is 0.600. The van der Waals surface area contributed by atoms with Crippen LogP contribution in [0.25, 0.3) is 0 Å². The molecule has 0 bridgehead atoms. The molecule has 2 aliphatic rings. The van der Waals surface area contributed by atoms with Crippen LogP contribution in [0.4, 0.5) is 0 Å². The van der Waals surface area contributed by atoms with Crippen LogP contribution in [0, 0.1) is 11.3 Å². The van der Waals surface area contributed by atoms with Crippen molar-refractivity contribution in [3.05, 3.63) is 29.3 Å². The lowest BCUT2D eigenvalue weighted by Crippen LogP contribution is -2.45. The number of benzene rings is 1. The van der Waals surface area contributed by atoms with Gasteiger partial charge in [-0.1, -0.05) is 12.1 Å². The Bertz CT molecular complexity index is 670. The Morgan fingerprint density at radius 1 is 1.40 bits per heavy atom. The molecule has 1 aromatic rings. The van der Waals surface area contributed by atoms with Gasteiger partial charge in [0.1, 0.15) is 11.4 Å². The number of carbonyl (C=O) groups excluding carboxylic acids is 1. The predicted molar refractivity (Wildman–Crippen MR) is 96.6 cm³/mol. The zero-order valence-corrected chi connectivity index (χ0v) is 15.2. The fourth-order valence-electron chi connectivity index (χ4n) is 3.62. The van der Waals surface area contributed by atoms with E-state index in [1.54, 1.807) is 0 Å². The Kier molecular flexibility index (Phi) is 5.29. The van der Waals surface area contributed by atoms with Crippen molar-refractivity contribution < 1.29 is 9.53 Å². The lowest BCUT2D eigenvalue weighted by molar-refractivity contribution is 0.0782. The van der Waals surface area contributed by atoms with E-state index in [2.05, 4.69) is 36.2 Å². The van der Waals surface area contributed by atoms with Crippen molar-refractivity contribution in [1.29, 1.82) is 5.26 Å². The van der Waals surface area contributed by atoms with E-state index < -0.39 is 0 Å². The standard InChI is InChI=1S/C20H27N3O2/c1-20(2)10-7-15-5-3-6-17(18(15)25-20)19(24)22-16-8-13-23(14-9-16)12-4-11-21/h3,5-6,16H,4,7-10,12-14H2,1-2H3,(H,22,24). The van der Waals surface area contributed by atoms with Crippen LogP contribution in [0.3, 0.4) is 0 Å². The molecule has 1 fully saturated rings. The molecule has 1 amide bonds. The van der Waals surface area contributed by atoms with E-state index in [-0.39, 0.29) is 17.6 Å². The molecule has 0 aromatic heterocycles. The number of nitrogens with zero attached hydrogens (tertiary/aromatic N) is 2. The van der Waals surface area contributed by atoms with E-state index in [1.807, 2.05) is 12.1 Å². The largest absolute Gasteiger partial charge is 0.487 e. The summed E-state index contributed by atoms with van der Waals surface area (Å²) in [6.07, 6.45) is 4.34. The van der Waals surface area contributed by atoms with Crippen LogP contribution < -0.4 is 10.1 Å². The Balaban J connectivity index is 1.63. The summed E-state index contributed by atoms with van der Waals surface area (Å²) in [5.74, 6) is 0.715. The number of hydrogen-bond donors (Lipinski definition) is 1. The molecule has 0 atom stereocenters. The molecular weight excluding hydrogens is 314 g/mol. The Morgan fingerprint density at radius 3 is 2.88 bits per heavy atom. The van der Waals surface area contributed by atoms with E-state index in [1.165, 1.54) is 0 Å². The van der Waals surface area contributed by atoms with Crippen molar-refractivity contribution in [2.45, 2.75) is 57.6 Å². The first-order valence-corrected chi connectivity index (χ1v) is 9.19. The van der Waals surface area contributed by atoms with E-state index >= 15 is 0 Å². The molecule has 1 aromatic carbocycles. The zero-order chi connectivity index (χ0) is 17.9. The maximum absolute atomic E-state index is 12.8. The van der Waals surface area contributed by atoms with Crippen molar-refractivity contribution in [1.82, 2.24) is 10.2 Å². The summed E-state index contributed by atoms with van der Waals surface area (Å²) < 4.78 is 6.12. The highest BCUT2D eigenvalue weighted by Gasteiger charge is 2.30. The summed E-state index contributed by atoms with van der Waals surface area (Å²) in [5, 5.41) is 11.9. The number of fused-ring (bicyclic) bond motifs is 1. The Labute approximate surface area is 150 Å². The van der Waals surface area contributed by atoms with Gasteiger partial charge >= 0.3 is 0 Å².